The first kappa shape index (κ1) is 24.6. The highest BCUT2D eigenvalue weighted by molar-refractivity contribution is 6.83. The van der Waals surface area contributed by atoms with Gasteiger partial charge in [0.1, 0.15) is 13.8 Å². The van der Waals surface area contributed by atoms with Crippen molar-refractivity contribution in [3.05, 3.63) is 64.7 Å². The van der Waals surface area contributed by atoms with Crippen molar-refractivity contribution in [2.75, 3.05) is 39.3 Å². The number of rotatable bonds is 6. The van der Waals surface area contributed by atoms with E-state index in [9.17, 15) is 0 Å². The number of benzene rings is 2. The third-order valence-electron chi connectivity index (χ3n) is 7.80. The standard InChI is InChI=1S/C31H42N2OSi/c1-35(2,3)22-16-25-10-12-26(13-11-25)30-24-33-20-7-9-31(33)29-23-27(14-15-28(29)30)34-21-8-19-32-17-5-4-6-18-32/h10-15,23,30-31H,4-9,17-21,24H2,1-3H3/t30-,31+/m1/s1. The van der Waals surface area contributed by atoms with Crippen LogP contribution >= 0.6 is 0 Å². The van der Waals surface area contributed by atoms with Crippen LogP contribution in [0.3, 0.4) is 0 Å². The minimum atomic E-state index is -1.36. The van der Waals surface area contributed by atoms with Crippen molar-refractivity contribution in [3.8, 4) is 17.2 Å². The van der Waals surface area contributed by atoms with Crippen molar-refractivity contribution >= 4 is 8.07 Å². The van der Waals surface area contributed by atoms with Gasteiger partial charge in [-0.2, -0.15) is 0 Å². The van der Waals surface area contributed by atoms with Gasteiger partial charge in [0.15, 0.2) is 0 Å². The summed E-state index contributed by atoms with van der Waals surface area (Å²) < 4.78 is 6.27. The lowest BCUT2D eigenvalue weighted by Gasteiger charge is -2.37. The van der Waals surface area contributed by atoms with Gasteiger partial charge in [0, 0.05) is 30.6 Å². The van der Waals surface area contributed by atoms with E-state index in [0.717, 1.165) is 30.9 Å². The summed E-state index contributed by atoms with van der Waals surface area (Å²) in [6.07, 6.45) is 7.80. The molecule has 3 aliphatic heterocycles. The molecule has 0 aromatic heterocycles. The summed E-state index contributed by atoms with van der Waals surface area (Å²) in [7, 11) is -1.36. The molecular formula is C31H42N2OSi. The number of nitrogens with zero attached hydrogens (tertiary/aromatic N) is 2. The number of hydrogen-bond donors (Lipinski definition) is 0. The quantitative estimate of drug-likeness (QED) is 0.265. The fourth-order valence-electron chi connectivity index (χ4n) is 5.98. The Morgan fingerprint density at radius 1 is 0.914 bits per heavy atom. The minimum Gasteiger partial charge on any atom is -0.494 e. The molecule has 5 rings (SSSR count). The average Bonchev–Trinajstić information content (AvgIpc) is 3.34. The van der Waals surface area contributed by atoms with Crippen LogP contribution in [0.2, 0.25) is 19.6 Å². The normalized spacial score (nSPS) is 22.7. The molecule has 4 heteroatoms. The molecule has 2 fully saturated rings. The molecular weight excluding hydrogens is 444 g/mol. The first-order chi connectivity index (χ1) is 17.0. The van der Waals surface area contributed by atoms with Gasteiger partial charge in [-0.05, 0) is 92.7 Å². The molecule has 0 radical (unpaired) electrons. The van der Waals surface area contributed by atoms with E-state index in [-0.39, 0.29) is 0 Å². The zero-order valence-corrected chi connectivity index (χ0v) is 23.0. The van der Waals surface area contributed by atoms with Gasteiger partial charge in [-0.15, -0.1) is 5.54 Å². The molecule has 0 amide bonds. The SMILES string of the molecule is C[Si](C)(C)C#Cc1ccc([C@H]2CN3CCC[C@H]3c3cc(OCCCN4CCCCC4)ccc32)cc1. The topological polar surface area (TPSA) is 15.7 Å². The van der Waals surface area contributed by atoms with Crippen molar-refractivity contribution < 1.29 is 4.74 Å². The predicted octanol–water partition coefficient (Wildman–Crippen LogP) is 6.45. The Morgan fingerprint density at radius 2 is 1.71 bits per heavy atom. The maximum absolute atomic E-state index is 6.27. The molecule has 0 saturated carbocycles. The lowest BCUT2D eigenvalue weighted by Crippen LogP contribution is -2.34. The second-order valence-electron chi connectivity index (χ2n) is 11.7. The molecule has 35 heavy (non-hydrogen) atoms. The molecule has 3 aliphatic rings. The third kappa shape index (κ3) is 6.20. The van der Waals surface area contributed by atoms with Gasteiger partial charge < -0.3 is 9.64 Å². The molecule has 3 heterocycles. The Morgan fingerprint density at radius 3 is 2.49 bits per heavy atom. The fourth-order valence-corrected chi connectivity index (χ4v) is 6.50. The maximum Gasteiger partial charge on any atom is 0.129 e. The number of ether oxygens (including phenoxy) is 1. The summed E-state index contributed by atoms with van der Waals surface area (Å²) in [5, 5.41) is 0. The first-order valence-corrected chi connectivity index (χ1v) is 17.3. The minimum absolute atomic E-state index is 0.423. The highest BCUT2D eigenvalue weighted by Gasteiger charge is 2.36. The van der Waals surface area contributed by atoms with Crippen LogP contribution in [0.1, 0.15) is 72.7 Å². The van der Waals surface area contributed by atoms with Gasteiger partial charge in [0.25, 0.3) is 0 Å². The number of likely N-dealkylation sites (tertiary alicyclic amines) is 1. The van der Waals surface area contributed by atoms with E-state index in [1.807, 2.05) is 0 Å². The molecule has 0 spiro atoms. The van der Waals surface area contributed by atoms with Gasteiger partial charge in [0.2, 0.25) is 0 Å². The van der Waals surface area contributed by atoms with Crippen LogP contribution in [0.25, 0.3) is 0 Å². The number of fused-ring (bicyclic) bond motifs is 3. The second-order valence-corrected chi connectivity index (χ2v) is 16.5. The molecule has 2 atom stereocenters. The Balaban J connectivity index is 1.29. The van der Waals surface area contributed by atoms with Crippen molar-refractivity contribution in [2.45, 2.75) is 70.1 Å². The van der Waals surface area contributed by atoms with Gasteiger partial charge >= 0.3 is 0 Å². The molecule has 3 nitrogen and oxygen atoms in total. The van der Waals surface area contributed by atoms with Crippen molar-refractivity contribution in [1.82, 2.24) is 9.80 Å². The molecule has 0 unspecified atom stereocenters. The van der Waals surface area contributed by atoms with Crippen molar-refractivity contribution in [1.29, 1.82) is 0 Å². The van der Waals surface area contributed by atoms with Crippen LogP contribution < -0.4 is 4.74 Å². The van der Waals surface area contributed by atoms with Crippen molar-refractivity contribution in [2.24, 2.45) is 0 Å². The molecule has 0 aliphatic carbocycles. The summed E-state index contributed by atoms with van der Waals surface area (Å²) >= 11 is 0. The first-order valence-electron chi connectivity index (χ1n) is 13.8. The molecule has 2 aromatic rings. The monoisotopic (exact) mass is 486 g/mol. The predicted molar refractivity (Wildman–Crippen MR) is 149 cm³/mol. The molecule has 186 valence electrons. The van der Waals surface area contributed by atoms with E-state index >= 15 is 0 Å². The highest BCUT2D eigenvalue weighted by Crippen LogP contribution is 2.45. The summed E-state index contributed by atoms with van der Waals surface area (Å²) in [5.41, 5.74) is 9.03. The summed E-state index contributed by atoms with van der Waals surface area (Å²) in [6, 6.07) is 16.5. The van der Waals surface area contributed by atoms with Crippen molar-refractivity contribution in [3.63, 3.8) is 0 Å². The lowest BCUT2D eigenvalue weighted by molar-refractivity contribution is 0.204. The molecule has 2 saturated heterocycles. The van der Waals surface area contributed by atoms with Crippen LogP contribution in [-0.2, 0) is 0 Å². The van der Waals surface area contributed by atoms with E-state index in [1.165, 1.54) is 75.0 Å². The Labute approximate surface area is 213 Å². The Kier molecular flexibility index (Phi) is 7.67. The average molecular weight is 487 g/mol. The number of piperidine rings is 1. The van der Waals surface area contributed by atoms with Crippen LogP contribution in [0.4, 0.5) is 0 Å². The van der Waals surface area contributed by atoms with Crippen LogP contribution in [0.5, 0.6) is 5.75 Å². The summed E-state index contributed by atoms with van der Waals surface area (Å²) in [5.74, 6) is 4.88. The molecule has 2 aromatic carbocycles. The largest absolute Gasteiger partial charge is 0.494 e. The van der Waals surface area contributed by atoms with Crippen LogP contribution in [-0.4, -0.2) is 57.2 Å². The van der Waals surface area contributed by atoms with Gasteiger partial charge in [-0.3, -0.25) is 4.90 Å². The van der Waals surface area contributed by atoms with E-state index in [0.29, 0.717) is 12.0 Å². The van der Waals surface area contributed by atoms with Gasteiger partial charge in [-0.25, -0.2) is 0 Å². The van der Waals surface area contributed by atoms with Crippen LogP contribution in [0.15, 0.2) is 42.5 Å². The number of hydrogen-bond acceptors (Lipinski definition) is 3. The highest BCUT2D eigenvalue weighted by atomic mass is 28.3. The second kappa shape index (κ2) is 10.9. The Bertz CT molecular complexity index is 1060. The zero-order chi connectivity index (χ0) is 24.3. The maximum atomic E-state index is 6.27. The third-order valence-corrected chi connectivity index (χ3v) is 8.68. The van der Waals surface area contributed by atoms with E-state index in [1.54, 1.807) is 0 Å². The lowest BCUT2D eigenvalue weighted by atomic mass is 9.81. The van der Waals surface area contributed by atoms with E-state index in [2.05, 4.69) is 83.4 Å². The van der Waals surface area contributed by atoms with Gasteiger partial charge in [0.05, 0.1) is 6.61 Å². The molecule has 0 bridgehead atoms. The van der Waals surface area contributed by atoms with Gasteiger partial charge in [-0.1, -0.05) is 50.2 Å². The van der Waals surface area contributed by atoms with E-state index < -0.39 is 8.07 Å². The fraction of sp³-hybridized carbons (Fsp3) is 0.548. The van der Waals surface area contributed by atoms with E-state index in [4.69, 9.17) is 4.74 Å². The zero-order valence-electron chi connectivity index (χ0n) is 22.0. The van der Waals surface area contributed by atoms with Crippen LogP contribution in [0, 0.1) is 11.5 Å². The molecule has 0 N–H and O–H groups in total. The summed E-state index contributed by atoms with van der Waals surface area (Å²) in [6.45, 7) is 13.7. The smallest absolute Gasteiger partial charge is 0.129 e. The Hall–Kier alpha value is -2.06. The summed E-state index contributed by atoms with van der Waals surface area (Å²) in [4.78, 5) is 5.30.